The monoisotopic (exact) mass is 491 g/mol. The largest absolute Gasteiger partial charge is 0.348 e. The van der Waals surface area contributed by atoms with Crippen LogP contribution >= 0.6 is 15.9 Å². The number of H-pyrrole nitrogens is 1. The molecule has 1 heterocycles. The van der Waals surface area contributed by atoms with Crippen LogP contribution in [0.5, 0.6) is 0 Å². The standard InChI is InChI=1S/C21H22BrN3O4S/c1-3-25(4-2)30(28,29)16-8-9-19-17(11-16)18(12-20(26)24-19)21(27)23-13-14-6-5-7-15(22)10-14/h5-12H,3-4,13H2,1-2H3,(H,23,27)(H,24,26). The molecule has 30 heavy (non-hydrogen) atoms. The quantitative estimate of drug-likeness (QED) is 0.529. The number of aromatic nitrogens is 1. The van der Waals surface area contributed by atoms with Crippen LogP contribution in [-0.2, 0) is 16.6 Å². The third kappa shape index (κ3) is 4.63. The normalized spacial score (nSPS) is 11.7. The average Bonchev–Trinajstić information content (AvgIpc) is 2.71. The molecule has 3 aromatic rings. The summed E-state index contributed by atoms with van der Waals surface area (Å²) >= 11 is 3.39. The van der Waals surface area contributed by atoms with E-state index in [0.29, 0.717) is 24.0 Å². The van der Waals surface area contributed by atoms with Crippen molar-refractivity contribution in [2.45, 2.75) is 25.3 Å². The zero-order chi connectivity index (χ0) is 21.9. The van der Waals surface area contributed by atoms with E-state index in [1.165, 1.54) is 28.6 Å². The van der Waals surface area contributed by atoms with Crippen molar-refractivity contribution in [3.8, 4) is 0 Å². The smallest absolute Gasteiger partial charge is 0.252 e. The molecule has 2 N–H and O–H groups in total. The summed E-state index contributed by atoms with van der Waals surface area (Å²) in [6.07, 6.45) is 0. The van der Waals surface area contributed by atoms with Crippen molar-refractivity contribution in [3.63, 3.8) is 0 Å². The number of amides is 1. The van der Waals surface area contributed by atoms with Gasteiger partial charge in [-0.15, -0.1) is 0 Å². The molecule has 0 spiro atoms. The molecule has 0 bridgehead atoms. The molecule has 7 nitrogen and oxygen atoms in total. The average molecular weight is 492 g/mol. The Morgan fingerprint density at radius 2 is 1.83 bits per heavy atom. The third-order valence-electron chi connectivity index (χ3n) is 4.74. The number of fused-ring (bicyclic) bond motifs is 1. The van der Waals surface area contributed by atoms with Crippen molar-refractivity contribution >= 4 is 42.8 Å². The van der Waals surface area contributed by atoms with Gasteiger partial charge >= 0.3 is 0 Å². The van der Waals surface area contributed by atoms with E-state index in [2.05, 4.69) is 26.2 Å². The molecule has 158 valence electrons. The van der Waals surface area contributed by atoms with Crippen LogP contribution in [-0.4, -0.2) is 36.7 Å². The molecule has 0 radical (unpaired) electrons. The summed E-state index contributed by atoms with van der Waals surface area (Å²) in [5.41, 5.74) is 0.972. The Balaban J connectivity index is 2.01. The Labute approximate surface area is 183 Å². The summed E-state index contributed by atoms with van der Waals surface area (Å²) in [6.45, 7) is 4.47. The molecule has 0 saturated heterocycles. The highest BCUT2D eigenvalue weighted by atomic mass is 79.9. The van der Waals surface area contributed by atoms with E-state index in [9.17, 15) is 18.0 Å². The van der Waals surface area contributed by atoms with Crippen LogP contribution in [0.15, 0.2) is 62.7 Å². The van der Waals surface area contributed by atoms with Gasteiger partial charge in [-0.2, -0.15) is 4.31 Å². The lowest BCUT2D eigenvalue weighted by Crippen LogP contribution is -2.30. The molecule has 3 rings (SSSR count). The van der Waals surface area contributed by atoms with Crippen LogP contribution in [0.25, 0.3) is 10.9 Å². The second-order valence-corrected chi connectivity index (χ2v) is 9.51. The molecule has 0 aliphatic rings. The van der Waals surface area contributed by atoms with Crippen molar-refractivity contribution < 1.29 is 13.2 Å². The van der Waals surface area contributed by atoms with Gasteiger partial charge in [0, 0.05) is 41.1 Å². The number of benzene rings is 2. The van der Waals surface area contributed by atoms with Gasteiger partial charge in [-0.25, -0.2) is 8.42 Å². The Morgan fingerprint density at radius 3 is 2.50 bits per heavy atom. The first-order valence-electron chi connectivity index (χ1n) is 9.46. The summed E-state index contributed by atoms with van der Waals surface area (Å²) in [6, 6.07) is 13.1. The molecule has 0 aliphatic carbocycles. The zero-order valence-electron chi connectivity index (χ0n) is 16.6. The molecule has 2 aromatic carbocycles. The summed E-state index contributed by atoms with van der Waals surface area (Å²) in [5, 5.41) is 3.16. The number of carbonyl (C=O) groups is 1. The van der Waals surface area contributed by atoms with Gasteiger partial charge in [0.15, 0.2) is 0 Å². The Hall–Kier alpha value is -2.49. The van der Waals surface area contributed by atoms with E-state index in [1.807, 2.05) is 24.3 Å². The lowest BCUT2D eigenvalue weighted by atomic mass is 10.1. The van der Waals surface area contributed by atoms with E-state index < -0.39 is 21.5 Å². The number of carbonyl (C=O) groups excluding carboxylic acids is 1. The maximum atomic E-state index is 12.9. The van der Waals surface area contributed by atoms with E-state index in [-0.39, 0.29) is 17.0 Å². The minimum atomic E-state index is -3.70. The Kier molecular flexibility index (Phi) is 6.74. The van der Waals surface area contributed by atoms with Crippen LogP contribution in [0.2, 0.25) is 0 Å². The Bertz CT molecular complexity index is 1250. The number of nitrogens with zero attached hydrogens (tertiary/aromatic N) is 1. The molecule has 0 saturated carbocycles. The minimum absolute atomic E-state index is 0.0757. The molecular weight excluding hydrogens is 470 g/mol. The molecule has 0 atom stereocenters. The maximum Gasteiger partial charge on any atom is 0.252 e. The second kappa shape index (κ2) is 9.11. The van der Waals surface area contributed by atoms with Gasteiger partial charge in [-0.3, -0.25) is 9.59 Å². The van der Waals surface area contributed by atoms with Crippen LogP contribution in [0.3, 0.4) is 0 Å². The first-order chi connectivity index (χ1) is 14.3. The van der Waals surface area contributed by atoms with Crippen LogP contribution in [0, 0.1) is 0 Å². The summed E-state index contributed by atoms with van der Waals surface area (Å²) in [7, 11) is -3.70. The fraction of sp³-hybridized carbons (Fsp3) is 0.238. The van der Waals surface area contributed by atoms with Crippen molar-refractivity contribution in [1.29, 1.82) is 0 Å². The molecule has 9 heteroatoms. The highest BCUT2D eigenvalue weighted by molar-refractivity contribution is 9.10. The van der Waals surface area contributed by atoms with Crippen molar-refractivity contribution in [2.75, 3.05) is 13.1 Å². The number of halogens is 1. The van der Waals surface area contributed by atoms with Gasteiger partial charge in [0.2, 0.25) is 15.6 Å². The third-order valence-corrected chi connectivity index (χ3v) is 7.28. The van der Waals surface area contributed by atoms with E-state index in [0.717, 1.165) is 10.0 Å². The molecule has 0 unspecified atom stereocenters. The molecule has 0 fully saturated rings. The molecular formula is C21H22BrN3O4S. The number of pyridine rings is 1. The van der Waals surface area contributed by atoms with Crippen molar-refractivity contribution in [3.05, 3.63) is 74.5 Å². The van der Waals surface area contributed by atoms with Crippen LogP contribution < -0.4 is 10.9 Å². The number of rotatable bonds is 7. The van der Waals surface area contributed by atoms with E-state index in [1.54, 1.807) is 13.8 Å². The Morgan fingerprint density at radius 1 is 1.10 bits per heavy atom. The first-order valence-corrected chi connectivity index (χ1v) is 11.7. The van der Waals surface area contributed by atoms with Crippen molar-refractivity contribution in [1.82, 2.24) is 14.6 Å². The topological polar surface area (TPSA) is 99.3 Å². The van der Waals surface area contributed by atoms with Gasteiger partial charge in [0.05, 0.1) is 10.5 Å². The minimum Gasteiger partial charge on any atom is -0.348 e. The van der Waals surface area contributed by atoms with Gasteiger partial charge in [0.25, 0.3) is 5.91 Å². The number of sulfonamides is 1. The fourth-order valence-corrected chi connectivity index (χ4v) is 5.15. The molecule has 0 aliphatic heterocycles. The predicted octanol–water partition coefficient (Wildman–Crippen LogP) is 3.25. The molecule has 1 aromatic heterocycles. The summed E-state index contributed by atoms with van der Waals surface area (Å²) < 4.78 is 28.0. The van der Waals surface area contributed by atoms with Crippen molar-refractivity contribution in [2.24, 2.45) is 0 Å². The lowest BCUT2D eigenvalue weighted by Gasteiger charge is -2.19. The lowest BCUT2D eigenvalue weighted by molar-refractivity contribution is 0.0952. The van der Waals surface area contributed by atoms with Gasteiger partial charge in [0.1, 0.15) is 0 Å². The number of hydrogen-bond acceptors (Lipinski definition) is 4. The molecule has 1 amide bonds. The van der Waals surface area contributed by atoms with E-state index >= 15 is 0 Å². The first kappa shape index (κ1) is 22.2. The number of hydrogen-bond donors (Lipinski definition) is 2. The summed E-state index contributed by atoms with van der Waals surface area (Å²) in [4.78, 5) is 27.6. The fourth-order valence-electron chi connectivity index (χ4n) is 3.22. The van der Waals surface area contributed by atoms with Gasteiger partial charge in [-0.05, 0) is 35.9 Å². The highest BCUT2D eigenvalue weighted by Crippen LogP contribution is 2.23. The van der Waals surface area contributed by atoms with Gasteiger partial charge in [-0.1, -0.05) is 41.9 Å². The van der Waals surface area contributed by atoms with Crippen LogP contribution in [0.4, 0.5) is 0 Å². The van der Waals surface area contributed by atoms with Gasteiger partial charge < -0.3 is 10.3 Å². The number of nitrogens with one attached hydrogen (secondary N) is 2. The highest BCUT2D eigenvalue weighted by Gasteiger charge is 2.23. The summed E-state index contributed by atoms with van der Waals surface area (Å²) in [5.74, 6) is -0.455. The maximum absolute atomic E-state index is 12.9. The zero-order valence-corrected chi connectivity index (χ0v) is 19.0. The predicted molar refractivity (Wildman–Crippen MR) is 120 cm³/mol. The SMILES string of the molecule is CCN(CC)S(=O)(=O)c1ccc2[nH]c(=O)cc(C(=O)NCc3cccc(Br)c3)c2c1. The number of aromatic amines is 1. The van der Waals surface area contributed by atoms with E-state index in [4.69, 9.17) is 0 Å². The van der Waals surface area contributed by atoms with Crippen LogP contribution in [0.1, 0.15) is 29.8 Å². The second-order valence-electron chi connectivity index (χ2n) is 6.66.